The predicted octanol–water partition coefficient (Wildman–Crippen LogP) is 0.781. The van der Waals surface area contributed by atoms with E-state index in [4.69, 9.17) is 16.3 Å². The molecule has 0 aromatic carbocycles. The summed E-state index contributed by atoms with van der Waals surface area (Å²) in [5.74, 6) is -0.862. The molecule has 19 heavy (non-hydrogen) atoms. The van der Waals surface area contributed by atoms with Crippen LogP contribution in [0.2, 0.25) is 5.15 Å². The van der Waals surface area contributed by atoms with Crippen molar-refractivity contribution >= 4 is 11.6 Å². The molecule has 0 aliphatic rings. The van der Waals surface area contributed by atoms with Crippen LogP contribution >= 0.6 is 11.6 Å². The fraction of sp³-hybridized carbons (Fsp3) is 0.182. The Morgan fingerprint density at radius 1 is 1.53 bits per heavy atom. The van der Waals surface area contributed by atoms with Gasteiger partial charge in [-0.3, -0.25) is 14.3 Å². The molecule has 0 radical (unpaired) electrons. The van der Waals surface area contributed by atoms with Crippen molar-refractivity contribution in [3.8, 4) is 5.88 Å². The highest BCUT2D eigenvalue weighted by atomic mass is 35.5. The highest BCUT2D eigenvalue weighted by molar-refractivity contribution is 6.29. The van der Waals surface area contributed by atoms with Gasteiger partial charge in [0.1, 0.15) is 0 Å². The highest BCUT2D eigenvalue weighted by Gasteiger charge is 2.12. The first-order valence-electron chi connectivity index (χ1n) is 5.20. The van der Waals surface area contributed by atoms with Gasteiger partial charge in [0, 0.05) is 12.3 Å². The normalized spacial score (nSPS) is 10.5. The van der Waals surface area contributed by atoms with Gasteiger partial charge < -0.3 is 4.74 Å². The third-order valence-electron chi connectivity index (χ3n) is 2.44. The second kappa shape index (κ2) is 5.23. The van der Waals surface area contributed by atoms with Crippen molar-refractivity contribution in [3.63, 3.8) is 0 Å². The molecule has 0 spiro atoms. The maximum atomic E-state index is 13.3. The molecule has 0 unspecified atom stereocenters. The zero-order valence-electron chi connectivity index (χ0n) is 9.81. The lowest BCUT2D eigenvalue weighted by molar-refractivity contribution is 0.397. The second-order valence-electron chi connectivity index (χ2n) is 3.66. The van der Waals surface area contributed by atoms with E-state index >= 15 is 0 Å². The van der Waals surface area contributed by atoms with E-state index in [1.807, 2.05) is 4.98 Å². The predicted molar refractivity (Wildman–Crippen MR) is 66.2 cm³/mol. The van der Waals surface area contributed by atoms with Gasteiger partial charge in [-0.25, -0.2) is 9.78 Å². The van der Waals surface area contributed by atoms with Crippen molar-refractivity contribution in [2.24, 2.45) is 0 Å². The lowest BCUT2D eigenvalue weighted by atomic mass is 10.2. The van der Waals surface area contributed by atoms with Crippen LogP contribution in [0.15, 0.2) is 27.9 Å². The largest absolute Gasteiger partial charge is 0.481 e. The van der Waals surface area contributed by atoms with Gasteiger partial charge in [-0.2, -0.15) is 4.39 Å². The van der Waals surface area contributed by atoms with Gasteiger partial charge in [0.15, 0.2) is 5.15 Å². The smallest absolute Gasteiger partial charge is 0.329 e. The van der Waals surface area contributed by atoms with Gasteiger partial charge in [-0.1, -0.05) is 11.6 Å². The first-order valence-corrected chi connectivity index (χ1v) is 5.57. The minimum atomic E-state index is -1.19. The van der Waals surface area contributed by atoms with Crippen LogP contribution in [0.1, 0.15) is 5.56 Å². The maximum absolute atomic E-state index is 13.3. The van der Waals surface area contributed by atoms with Gasteiger partial charge in [0.25, 0.3) is 5.56 Å². The Morgan fingerprint density at radius 3 is 2.95 bits per heavy atom. The van der Waals surface area contributed by atoms with Crippen LogP contribution in [0.4, 0.5) is 4.39 Å². The topological polar surface area (TPSA) is 77.0 Å². The maximum Gasteiger partial charge on any atom is 0.329 e. The zero-order chi connectivity index (χ0) is 14.0. The van der Waals surface area contributed by atoms with Gasteiger partial charge in [0.2, 0.25) is 11.7 Å². The summed E-state index contributed by atoms with van der Waals surface area (Å²) < 4.78 is 19.0. The molecule has 0 amide bonds. The van der Waals surface area contributed by atoms with Gasteiger partial charge in [-0.05, 0) is 11.6 Å². The molecule has 100 valence electrons. The van der Waals surface area contributed by atoms with Crippen LogP contribution in [0.25, 0.3) is 0 Å². The number of ether oxygens (including phenoxy) is 1. The summed E-state index contributed by atoms with van der Waals surface area (Å²) in [5.41, 5.74) is -1.29. The van der Waals surface area contributed by atoms with Crippen molar-refractivity contribution in [3.05, 3.63) is 55.7 Å². The first-order chi connectivity index (χ1) is 9.02. The number of pyridine rings is 1. The molecule has 2 aromatic rings. The summed E-state index contributed by atoms with van der Waals surface area (Å²) >= 11 is 5.37. The summed E-state index contributed by atoms with van der Waals surface area (Å²) in [5, 5.41) is -0.599. The van der Waals surface area contributed by atoms with E-state index in [-0.39, 0.29) is 6.54 Å². The van der Waals surface area contributed by atoms with Crippen molar-refractivity contribution in [1.82, 2.24) is 14.5 Å². The molecule has 1 N–H and O–H groups in total. The molecule has 2 rings (SSSR count). The highest BCUT2D eigenvalue weighted by Crippen LogP contribution is 2.09. The summed E-state index contributed by atoms with van der Waals surface area (Å²) in [6.45, 7) is -0.110. The van der Waals surface area contributed by atoms with Gasteiger partial charge in [-0.15, -0.1) is 0 Å². The SMILES string of the molecule is COc1cc(Cn2c(=O)[nH]c(Cl)c(F)c2=O)ccn1. The van der Waals surface area contributed by atoms with E-state index in [1.165, 1.54) is 13.3 Å². The monoisotopic (exact) mass is 285 g/mol. The molecule has 0 saturated heterocycles. The average molecular weight is 286 g/mol. The summed E-state index contributed by atoms with van der Waals surface area (Å²) in [7, 11) is 1.44. The molecule has 0 fully saturated rings. The molecular formula is C11H9ClFN3O3. The molecule has 0 bridgehead atoms. The Morgan fingerprint density at radius 2 is 2.26 bits per heavy atom. The number of methoxy groups -OCH3 is 1. The van der Waals surface area contributed by atoms with E-state index in [0.717, 1.165) is 0 Å². The second-order valence-corrected chi connectivity index (χ2v) is 4.03. The Balaban J connectivity index is 2.47. The van der Waals surface area contributed by atoms with Crippen LogP contribution in [-0.2, 0) is 6.54 Å². The standard InChI is InChI=1S/C11H9ClFN3O3/c1-19-7-4-6(2-3-14-7)5-16-10(17)8(13)9(12)15-11(16)18/h2-4H,5H2,1H3,(H,15,18). The number of nitrogens with one attached hydrogen (secondary N) is 1. The lowest BCUT2D eigenvalue weighted by Gasteiger charge is -2.06. The van der Waals surface area contributed by atoms with E-state index in [1.54, 1.807) is 12.1 Å². The molecule has 0 aliphatic heterocycles. The van der Waals surface area contributed by atoms with Crippen LogP contribution in [-0.4, -0.2) is 21.6 Å². The molecule has 2 heterocycles. The third kappa shape index (κ3) is 2.65. The quantitative estimate of drug-likeness (QED) is 0.846. The van der Waals surface area contributed by atoms with Crippen LogP contribution < -0.4 is 16.0 Å². The van der Waals surface area contributed by atoms with E-state index in [0.29, 0.717) is 16.0 Å². The number of hydrogen-bond donors (Lipinski definition) is 1. The van der Waals surface area contributed by atoms with Crippen LogP contribution in [0.3, 0.4) is 0 Å². The Hall–Kier alpha value is -2.15. The molecule has 6 nitrogen and oxygen atoms in total. The van der Waals surface area contributed by atoms with Gasteiger partial charge >= 0.3 is 5.69 Å². The third-order valence-corrected chi connectivity index (χ3v) is 2.70. The number of hydrogen-bond acceptors (Lipinski definition) is 4. The zero-order valence-corrected chi connectivity index (χ0v) is 10.6. The summed E-state index contributed by atoms with van der Waals surface area (Å²) in [6.07, 6.45) is 1.46. The Bertz CT molecular complexity index is 726. The molecule has 0 aliphatic carbocycles. The molecular weight excluding hydrogens is 277 g/mol. The molecule has 0 saturated carbocycles. The fourth-order valence-corrected chi connectivity index (χ4v) is 1.67. The van der Waals surface area contributed by atoms with Crippen molar-refractivity contribution < 1.29 is 9.13 Å². The van der Waals surface area contributed by atoms with E-state index in [2.05, 4.69) is 4.98 Å². The first kappa shape index (κ1) is 13.3. The van der Waals surface area contributed by atoms with E-state index < -0.39 is 22.2 Å². The number of aromatic amines is 1. The molecule has 0 atom stereocenters. The van der Waals surface area contributed by atoms with E-state index in [9.17, 15) is 14.0 Å². The number of H-pyrrole nitrogens is 1. The van der Waals surface area contributed by atoms with Crippen LogP contribution in [0, 0.1) is 5.82 Å². The van der Waals surface area contributed by atoms with Crippen LogP contribution in [0.5, 0.6) is 5.88 Å². The summed E-state index contributed by atoms with van der Waals surface area (Å²) in [4.78, 5) is 29.1. The number of halogens is 2. The molecule has 8 heteroatoms. The van der Waals surface area contributed by atoms with Crippen molar-refractivity contribution in [2.75, 3.05) is 7.11 Å². The fourth-order valence-electron chi connectivity index (χ4n) is 1.51. The lowest BCUT2D eigenvalue weighted by Crippen LogP contribution is -2.37. The minimum Gasteiger partial charge on any atom is -0.481 e. The number of nitrogens with zero attached hydrogens (tertiary/aromatic N) is 2. The van der Waals surface area contributed by atoms with Crippen molar-refractivity contribution in [2.45, 2.75) is 6.54 Å². The van der Waals surface area contributed by atoms with Gasteiger partial charge in [0.05, 0.1) is 13.7 Å². The average Bonchev–Trinajstić information content (AvgIpc) is 2.41. The van der Waals surface area contributed by atoms with Crippen molar-refractivity contribution in [1.29, 1.82) is 0 Å². The number of rotatable bonds is 3. The number of aromatic nitrogens is 3. The Labute approximate surface area is 111 Å². The Kier molecular flexibility index (Phi) is 3.66. The summed E-state index contributed by atoms with van der Waals surface area (Å²) in [6, 6.07) is 3.12. The molecule has 2 aromatic heterocycles. The minimum absolute atomic E-state index is 0.110.